The van der Waals surface area contributed by atoms with Crippen molar-refractivity contribution in [3.8, 4) is 0 Å². The standard InChI is InChI=1S/C15H14FN3OS/c1-10(9-19-7-3-6-17-19)18-15(20)14-8-11-12(16)4-2-5-13(11)21-14/h2-8,10H,9H2,1H3,(H,18,20). The van der Waals surface area contributed by atoms with Gasteiger partial charge in [-0.2, -0.15) is 5.10 Å². The van der Waals surface area contributed by atoms with Crippen LogP contribution >= 0.6 is 11.3 Å². The molecule has 3 rings (SSSR count). The summed E-state index contributed by atoms with van der Waals surface area (Å²) in [5, 5.41) is 7.50. The Morgan fingerprint density at radius 2 is 2.33 bits per heavy atom. The summed E-state index contributed by atoms with van der Waals surface area (Å²) in [6.45, 7) is 2.51. The Morgan fingerprint density at radius 3 is 3.05 bits per heavy atom. The molecule has 108 valence electrons. The molecule has 0 fully saturated rings. The predicted octanol–water partition coefficient (Wildman–Crippen LogP) is 3.06. The van der Waals surface area contributed by atoms with Gasteiger partial charge >= 0.3 is 0 Å². The number of nitrogens with zero attached hydrogens (tertiary/aromatic N) is 2. The highest BCUT2D eigenvalue weighted by atomic mass is 32.1. The Kier molecular flexibility index (Phi) is 3.70. The lowest BCUT2D eigenvalue weighted by atomic mass is 10.2. The first-order chi connectivity index (χ1) is 10.1. The van der Waals surface area contributed by atoms with Crippen molar-refractivity contribution in [1.29, 1.82) is 0 Å². The van der Waals surface area contributed by atoms with Crippen molar-refractivity contribution in [2.45, 2.75) is 19.5 Å². The fourth-order valence-corrected chi connectivity index (χ4v) is 3.15. The Hall–Kier alpha value is -2.21. The Bertz CT molecular complexity index is 766. The quantitative estimate of drug-likeness (QED) is 0.805. The molecular formula is C15H14FN3OS. The van der Waals surface area contributed by atoms with Gasteiger partial charge in [-0.15, -0.1) is 11.3 Å². The van der Waals surface area contributed by atoms with Gasteiger partial charge in [0.05, 0.1) is 11.4 Å². The minimum absolute atomic E-state index is 0.0625. The summed E-state index contributed by atoms with van der Waals surface area (Å²) in [5.74, 6) is -0.484. The fraction of sp³-hybridized carbons (Fsp3) is 0.200. The van der Waals surface area contributed by atoms with Gasteiger partial charge in [0.25, 0.3) is 5.91 Å². The SMILES string of the molecule is CC(Cn1cccn1)NC(=O)c1cc2c(F)cccc2s1. The summed E-state index contributed by atoms with van der Waals surface area (Å²) in [6, 6.07) is 8.24. The molecule has 0 aliphatic carbocycles. The molecule has 1 unspecified atom stereocenters. The van der Waals surface area contributed by atoms with Crippen LogP contribution in [0, 0.1) is 5.82 Å². The van der Waals surface area contributed by atoms with Crippen molar-refractivity contribution >= 4 is 27.3 Å². The summed E-state index contributed by atoms with van der Waals surface area (Å²) in [6.07, 6.45) is 3.54. The van der Waals surface area contributed by atoms with Crippen LogP contribution in [-0.4, -0.2) is 21.7 Å². The molecule has 21 heavy (non-hydrogen) atoms. The van der Waals surface area contributed by atoms with Crippen molar-refractivity contribution < 1.29 is 9.18 Å². The molecule has 0 spiro atoms. The van der Waals surface area contributed by atoms with Gasteiger partial charge in [-0.05, 0) is 31.2 Å². The van der Waals surface area contributed by atoms with Gasteiger partial charge in [-0.25, -0.2) is 4.39 Å². The molecule has 0 bridgehead atoms. The maximum absolute atomic E-state index is 13.6. The first-order valence-corrected chi connectivity index (χ1v) is 7.41. The molecule has 0 saturated heterocycles. The zero-order chi connectivity index (χ0) is 14.8. The number of carbonyl (C=O) groups is 1. The second-order valence-corrected chi connectivity index (χ2v) is 5.95. The number of hydrogen-bond donors (Lipinski definition) is 1. The van der Waals surface area contributed by atoms with Crippen LogP contribution in [0.15, 0.2) is 42.7 Å². The molecule has 0 aliphatic rings. The normalized spacial score (nSPS) is 12.5. The number of halogens is 1. The topological polar surface area (TPSA) is 46.9 Å². The van der Waals surface area contributed by atoms with E-state index >= 15 is 0 Å². The van der Waals surface area contributed by atoms with E-state index in [-0.39, 0.29) is 17.8 Å². The van der Waals surface area contributed by atoms with E-state index in [9.17, 15) is 9.18 Å². The molecule has 2 heterocycles. The van der Waals surface area contributed by atoms with E-state index in [4.69, 9.17) is 0 Å². The number of rotatable bonds is 4. The minimum atomic E-state index is -0.299. The van der Waals surface area contributed by atoms with Gasteiger partial charge in [-0.1, -0.05) is 6.07 Å². The van der Waals surface area contributed by atoms with Gasteiger partial charge in [0.15, 0.2) is 0 Å². The summed E-state index contributed by atoms with van der Waals surface area (Å²) in [7, 11) is 0. The predicted molar refractivity (Wildman–Crippen MR) is 80.9 cm³/mol. The largest absolute Gasteiger partial charge is 0.347 e. The van der Waals surface area contributed by atoms with Gasteiger partial charge in [0, 0.05) is 28.5 Å². The molecule has 0 saturated carbocycles. The highest BCUT2D eigenvalue weighted by Crippen LogP contribution is 2.27. The van der Waals surface area contributed by atoms with E-state index in [0.717, 1.165) is 4.70 Å². The highest BCUT2D eigenvalue weighted by molar-refractivity contribution is 7.20. The lowest BCUT2D eigenvalue weighted by Crippen LogP contribution is -2.35. The molecular weight excluding hydrogens is 289 g/mol. The molecule has 4 nitrogen and oxygen atoms in total. The summed E-state index contributed by atoms with van der Waals surface area (Å²) >= 11 is 1.30. The van der Waals surface area contributed by atoms with Crippen molar-refractivity contribution in [3.63, 3.8) is 0 Å². The number of fused-ring (bicyclic) bond motifs is 1. The third-order valence-corrected chi connectivity index (χ3v) is 4.23. The third kappa shape index (κ3) is 2.95. The van der Waals surface area contributed by atoms with Crippen LogP contribution in [0.5, 0.6) is 0 Å². The smallest absolute Gasteiger partial charge is 0.261 e. The monoisotopic (exact) mass is 303 g/mol. The maximum Gasteiger partial charge on any atom is 0.261 e. The van der Waals surface area contributed by atoms with E-state index < -0.39 is 0 Å². The Balaban J connectivity index is 1.73. The molecule has 0 aliphatic heterocycles. The minimum Gasteiger partial charge on any atom is -0.347 e. The zero-order valence-corrected chi connectivity index (χ0v) is 12.2. The lowest BCUT2D eigenvalue weighted by Gasteiger charge is -2.13. The number of thiophene rings is 1. The number of nitrogens with one attached hydrogen (secondary N) is 1. The average molecular weight is 303 g/mol. The fourth-order valence-electron chi connectivity index (χ4n) is 2.17. The van der Waals surface area contributed by atoms with E-state index in [1.165, 1.54) is 17.4 Å². The van der Waals surface area contributed by atoms with Crippen LogP contribution in [0.25, 0.3) is 10.1 Å². The molecule has 0 radical (unpaired) electrons. The van der Waals surface area contributed by atoms with Crippen LogP contribution < -0.4 is 5.32 Å². The highest BCUT2D eigenvalue weighted by Gasteiger charge is 2.14. The number of benzene rings is 1. The van der Waals surface area contributed by atoms with Crippen molar-refractivity contribution in [2.75, 3.05) is 0 Å². The van der Waals surface area contributed by atoms with Crippen molar-refractivity contribution in [2.24, 2.45) is 0 Å². The van der Waals surface area contributed by atoms with Crippen LogP contribution in [-0.2, 0) is 6.54 Å². The van der Waals surface area contributed by atoms with Crippen LogP contribution in [0.4, 0.5) is 4.39 Å². The molecule has 1 aromatic carbocycles. The summed E-state index contributed by atoms with van der Waals surface area (Å²) < 4.78 is 16.2. The first kappa shape index (κ1) is 13.8. The Labute approximate surface area is 125 Å². The molecule has 1 N–H and O–H groups in total. The lowest BCUT2D eigenvalue weighted by molar-refractivity contribution is 0.0940. The van der Waals surface area contributed by atoms with Gasteiger partial charge in [0.1, 0.15) is 5.82 Å². The third-order valence-electron chi connectivity index (χ3n) is 3.13. The second-order valence-electron chi connectivity index (χ2n) is 4.86. The molecule has 3 aromatic rings. The maximum atomic E-state index is 13.6. The second kappa shape index (κ2) is 5.65. The molecule has 2 aromatic heterocycles. The van der Waals surface area contributed by atoms with Crippen LogP contribution in [0.2, 0.25) is 0 Å². The van der Waals surface area contributed by atoms with Gasteiger partial charge < -0.3 is 5.32 Å². The summed E-state index contributed by atoms with van der Waals surface area (Å²) in [4.78, 5) is 12.7. The summed E-state index contributed by atoms with van der Waals surface area (Å²) in [5.41, 5.74) is 0. The van der Waals surface area contributed by atoms with Crippen molar-refractivity contribution in [3.05, 3.63) is 53.4 Å². The zero-order valence-electron chi connectivity index (χ0n) is 11.4. The van der Waals surface area contributed by atoms with Crippen LogP contribution in [0.1, 0.15) is 16.6 Å². The molecule has 1 amide bonds. The molecule has 1 atom stereocenters. The van der Waals surface area contributed by atoms with E-state index in [1.807, 2.05) is 25.3 Å². The van der Waals surface area contributed by atoms with E-state index in [0.29, 0.717) is 16.8 Å². The number of hydrogen-bond acceptors (Lipinski definition) is 3. The van der Waals surface area contributed by atoms with Crippen LogP contribution in [0.3, 0.4) is 0 Å². The number of carbonyl (C=O) groups excluding carboxylic acids is 1. The van der Waals surface area contributed by atoms with Crippen molar-refractivity contribution in [1.82, 2.24) is 15.1 Å². The Morgan fingerprint density at radius 1 is 1.48 bits per heavy atom. The van der Waals surface area contributed by atoms with Gasteiger partial charge in [-0.3, -0.25) is 9.48 Å². The number of aromatic nitrogens is 2. The first-order valence-electron chi connectivity index (χ1n) is 6.60. The number of amides is 1. The average Bonchev–Trinajstić information content (AvgIpc) is 3.07. The van der Waals surface area contributed by atoms with Gasteiger partial charge in [0.2, 0.25) is 0 Å². The van der Waals surface area contributed by atoms with E-state index in [2.05, 4.69) is 10.4 Å². The molecule has 6 heteroatoms. The van der Waals surface area contributed by atoms with E-state index in [1.54, 1.807) is 23.0 Å².